The summed E-state index contributed by atoms with van der Waals surface area (Å²) in [6.45, 7) is 4.07. The van der Waals surface area contributed by atoms with Gasteiger partial charge in [0.1, 0.15) is 0 Å². The summed E-state index contributed by atoms with van der Waals surface area (Å²) < 4.78 is 20.5. The first kappa shape index (κ1) is 15.5. The highest BCUT2D eigenvalue weighted by Crippen LogP contribution is 2.35. The van der Waals surface area contributed by atoms with Gasteiger partial charge in [-0.15, -0.1) is 0 Å². The third-order valence-corrected chi connectivity index (χ3v) is 4.78. The number of fused-ring (bicyclic) bond motifs is 1. The first-order valence-electron chi connectivity index (χ1n) is 7.47. The molecule has 1 aliphatic heterocycles. The maximum absolute atomic E-state index is 14.8. The molecule has 1 fully saturated rings. The Bertz CT molecular complexity index is 741. The Balaban J connectivity index is 2.21. The van der Waals surface area contributed by atoms with Crippen LogP contribution in [0.25, 0.3) is 10.8 Å². The number of benzene rings is 1. The van der Waals surface area contributed by atoms with Crippen molar-refractivity contribution in [1.29, 1.82) is 0 Å². The van der Waals surface area contributed by atoms with E-state index in [1.54, 1.807) is 18.3 Å². The Morgan fingerprint density at radius 3 is 2.82 bits per heavy atom. The van der Waals surface area contributed by atoms with Crippen LogP contribution in [-0.4, -0.2) is 30.8 Å². The fourth-order valence-corrected chi connectivity index (χ4v) is 3.55. The van der Waals surface area contributed by atoms with Gasteiger partial charge in [0, 0.05) is 37.4 Å². The molecule has 0 atom stereocenters. The Kier molecular flexibility index (Phi) is 4.49. The molecule has 6 heteroatoms. The van der Waals surface area contributed by atoms with E-state index < -0.39 is 0 Å². The molecule has 2 heterocycles. The van der Waals surface area contributed by atoms with E-state index in [4.69, 9.17) is 4.74 Å². The summed E-state index contributed by atoms with van der Waals surface area (Å²) in [5.74, 6) is -0.313. The van der Waals surface area contributed by atoms with Crippen molar-refractivity contribution >= 4 is 32.4 Å². The number of rotatable bonds is 3. The number of aromatic nitrogens is 1. The molecule has 1 N–H and O–H groups in total. The molecule has 0 radical (unpaired) electrons. The summed E-state index contributed by atoms with van der Waals surface area (Å²) in [7, 11) is 0. The third-order valence-electron chi connectivity index (χ3n) is 4.20. The van der Waals surface area contributed by atoms with Crippen molar-refractivity contribution in [3.63, 3.8) is 0 Å². The molecule has 4 nitrogen and oxygen atoms in total. The van der Waals surface area contributed by atoms with Gasteiger partial charge in [0.15, 0.2) is 5.82 Å². The predicted octanol–water partition coefficient (Wildman–Crippen LogP) is 3.44. The lowest BCUT2D eigenvalue weighted by molar-refractivity contribution is 0.0845. The zero-order chi connectivity index (χ0) is 15.7. The average molecular weight is 369 g/mol. The average Bonchev–Trinajstić information content (AvgIpc) is 2.54. The molecule has 1 aliphatic rings. The van der Waals surface area contributed by atoms with Crippen LogP contribution >= 0.6 is 15.9 Å². The molecule has 0 unspecified atom stereocenters. The van der Waals surface area contributed by atoms with Crippen molar-refractivity contribution < 1.29 is 9.13 Å². The number of hydrogen-bond acceptors (Lipinski definition) is 3. The molecule has 0 spiro atoms. The number of aromatic amines is 1. The molecule has 2 aromatic rings. The van der Waals surface area contributed by atoms with Crippen LogP contribution < -0.4 is 10.5 Å². The lowest BCUT2D eigenvalue weighted by Crippen LogP contribution is -2.40. The maximum atomic E-state index is 14.8. The summed E-state index contributed by atoms with van der Waals surface area (Å²) >= 11 is 3.24. The Morgan fingerprint density at radius 1 is 1.41 bits per heavy atom. The number of H-pyrrole nitrogens is 1. The Labute approximate surface area is 136 Å². The van der Waals surface area contributed by atoms with E-state index in [0.717, 1.165) is 12.8 Å². The lowest BCUT2D eigenvalue weighted by atomic mass is 10.0. The number of ether oxygens (including phenoxy) is 1. The van der Waals surface area contributed by atoms with Crippen molar-refractivity contribution in [1.82, 2.24) is 4.98 Å². The first-order chi connectivity index (χ1) is 10.6. The minimum Gasteiger partial charge on any atom is -0.381 e. The topological polar surface area (TPSA) is 45.3 Å². The number of halogens is 2. The normalized spacial score (nSPS) is 16.1. The predicted molar refractivity (Wildman–Crippen MR) is 89.1 cm³/mol. The summed E-state index contributed by atoms with van der Waals surface area (Å²) in [4.78, 5) is 16.8. The molecule has 0 saturated carbocycles. The molecule has 118 valence electrons. The minimum atomic E-state index is -0.313. The van der Waals surface area contributed by atoms with Crippen LogP contribution in [0.4, 0.5) is 10.1 Å². The van der Waals surface area contributed by atoms with Gasteiger partial charge in [0.2, 0.25) is 0 Å². The quantitative estimate of drug-likeness (QED) is 0.902. The van der Waals surface area contributed by atoms with E-state index in [-0.39, 0.29) is 17.4 Å². The molecular weight excluding hydrogens is 351 g/mol. The van der Waals surface area contributed by atoms with Gasteiger partial charge in [-0.05, 0) is 47.8 Å². The van der Waals surface area contributed by atoms with Gasteiger partial charge in [-0.2, -0.15) is 0 Å². The molecule has 3 rings (SSSR count). The van der Waals surface area contributed by atoms with Gasteiger partial charge in [-0.1, -0.05) is 0 Å². The molecule has 1 aromatic carbocycles. The molecule has 1 saturated heterocycles. The van der Waals surface area contributed by atoms with Crippen molar-refractivity contribution in [3.05, 3.63) is 39.0 Å². The van der Waals surface area contributed by atoms with Crippen molar-refractivity contribution in [2.75, 3.05) is 24.7 Å². The van der Waals surface area contributed by atoms with Crippen LogP contribution in [0, 0.1) is 5.82 Å². The standard InChI is InChI=1S/C16H18BrFN2O2/c1-2-20(10-4-7-22-8-5-10)15-11-3-6-19-16(21)12(11)9-13(17)14(15)18/h3,6,9-10H,2,4-5,7-8H2,1H3,(H,19,21). The number of nitrogens with zero attached hydrogens (tertiary/aromatic N) is 1. The third kappa shape index (κ3) is 2.65. The highest BCUT2D eigenvalue weighted by Gasteiger charge is 2.26. The molecular formula is C16H18BrFN2O2. The molecule has 0 aliphatic carbocycles. The van der Waals surface area contributed by atoms with Crippen LogP contribution in [0.2, 0.25) is 0 Å². The largest absolute Gasteiger partial charge is 0.381 e. The highest BCUT2D eigenvalue weighted by atomic mass is 79.9. The van der Waals surface area contributed by atoms with Crippen LogP contribution in [-0.2, 0) is 4.74 Å². The Morgan fingerprint density at radius 2 is 2.14 bits per heavy atom. The van der Waals surface area contributed by atoms with Gasteiger partial charge >= 0.3 is 0 Å². The minimum absolute atomic E-state index is 0.206. The SMILES string of the molecule is CCN(c1c(F)c(Br)cc2c(=O)[nH]ccc12)C1CCOCC1. The summed E-state index contributed by atoms with van der Waals surface area (Å²) in [6, 6.07) is 3.54. The van der Waals surface area contributed by atoms with E-state index in [1.165, 1.54) is 0 Å². The molecule has 22 heavy (non-hydrogen) atoms. The fraction of sp³-hybridized carbons (Fsp3) is 0.438. The van der Waals surface area contributed by atoms with Crippen molar-refractivity contribution in [2.24, 2.45) is 0 Å². The fourth-order valence-electron chi connectivity index (χ4n) is 3.14. The maximum Gasteiger partial charge on any atom is 0.255 e. The number of pyridine rings is 1. The summed E-state index contributed by atoms with van der Waals surface area (Å²) in [6.07, 6.45) is 3.30. The van der Waals surface area contributed by atoms with Crippen molar-refractivity contribution in [2.45, 2.75) is 25.8 Å². The van der Waals surface area contributed by atoms with Gasteiger partial charge < -0.3 is 14.6 Å². The van der Waals surface area contributed by atoms with E-state index in [9.17, 15) is 9.18 Å². The van der Waals surface area contributed by atoms with E-state index in [1.807, 2.05) is 6.92 Å². The molecule has 0 amide bonds. The number of nitrogens with one attached hydrogen (secondary N) is 1. The highest BCUT2D eigenvalue weighted by molar-refractivity contribution is 9.10. The van der Waals surface area contributed by atoms with Gasteiger partial charge in [-0.3, -0.25) is 4.79 Å². The second kappa shape index (κ2) is 6.38. The van der Waals surface area contributed by atoms with Crippen LogP contribution in [0.15, 0.2) is 27.6 Å². The number of anilines is 1. The Hall–Kier alpha value is -1.40. The van der Waals surface area contributed by atoms with E-state index >= 15 is 0 Å². The second-order valence-electron chi connectivity index (χ2n) is 5.42. The van der Waals surface area contributed by atoms with E-state index in [0.29, 0.717) is 40.7 Å². The lowest BCUT2D eigenvalue weighted by Gasteiger charge is -2.36. The van der Waals surface area contributed by atoms with Crippen LogP contribution in [0.5, 0.6) is 0 Å². The van der Waals surface area contributed by atoms with Crippen molar-refractivity contribution in [3.8, 4) is 0 Å². The van der Waals surface area contributed by atoms with Gasteiger partial charge in [0.25, 0.3) is 5.56 Å². The zero-order valence-corrected chi connectivity index (χ0v) is 14.0. The molecule has 1 aromatic heterocycles. The molecule has 0 bridgehead atoms. The zero-order valence-electron chi connectivity index (χ0n) is 12.4. The number of hydrogen-bond donors (Lipinski definition) is 1. The van der Waals surface area contributed by atoms with Crippen LogP contribution in [0.1, 0.15) is 19.8 Å². The first-order valence-corrected chi connectivity index (χ1v) is 8.26. The van der Waals surface area contributed by atoms with E-state index in [2.05, 4.69) is 25.8 Å². The van der Waals surface area contributed by atoms with Crippen LogP contribution in [0.3, 0.4) is 0 Å². The second-order valence-corrected chi connectivity index (χ2v) is 6.27. The summed E-state index contributed by atoms with van der Waals surface area (Å²) in [5, 5.41) is 1.15. The monoisotopic (exact) mass is 368 g/mol. The van der Waals surface area contributed by atoms with Gasteiger partial charge in [-0.25, -0.2) is 4.39 Å². The smallest absolute Gasteiger partial charge is 0.255 e. The van der Waals surface area contributed by atoms with Gasteiger partial charge in [0.05, 0.1) is 15.5 Å². The summed E-state index contributed by atoms with van der Waals surface area (Å²) in [5.41, 5.74) is 0.298.